The SMILES string of the molecule is C[C@H](NC(=O)c1ccc(Br)cc1N)c1cccs1. The maximum absolute atomic E-state index is 12.1. The zero-order valence-electron chi connectivity index (χ0n) is 9.81. The van der Waals surface area contributed by atoms with Crippen molar-refractivity contribution in [2.24, 2.45) is 0 Å². The van der Waals surface area contributed by atoms with E-state index in [1.807, 2.05) is 24.4 Å². The molecule has 0 aliphatic carbocycles. The summed E-state index contributed by atoms with van der Waals surface area (Å²) in [6, 6.07) is 9.21. The van der Waals surface area contributed by atoms with Gasteiger partial charge in [0.25, 0.3) is 5.91 Å². The first kappa shape index (κ1) is 13.1. The van der Waals surface area contributed by atoms with Gasteiger partial charge in [0.2, 0.25) is 0 Å². The molecule has 3 nitrogen and oxygen atoms in total. The predicted molar refractivity (Wildman–Crippen MR) is 78.8 cm³/mol. The van der Waals surface area contributed by atoms with Crippen LogP contribution in [-0.2, 0) is 0 Å². The lowest BCUT2D eigenvalue weighted by Gasteiger charge is -2.13. The third kappa shape index (κ3) is 2.91. The molecule has 0 radical (unpaired) electrons. The molecule has 2 rings (SSSR count). The summed E-state index contributed by atoms with van der Waals surface area (Å²) >= 11 is 4.94. The van der Waals surface area contributed by atoms with Crippen molar-refractivity contribution in [1.82, 2.24) is 5.32 Å². The Morgan fingerprint density at radius 1 is 1.44 bits per heavy atom. The van der Waals surface area contributed by atoms with E-state index in [1.165, 1.54) is 0 Å². The second kappa shape index (κ2) is 5.54. The van der Waals surface area contributed by atoms with Crippen molar-refractivity contribution in [2.45, 2.75) is 13.0 Å². The van der Waals surface area contributed by atoms with E-state index in [4.69, 9.17) is 5.73 Å². The molecule has 3 N–H and O–H groups in total. The maximum Gasteiger partial charge on any atom is 0.253 e. The molecule has 1 amide bonds. The van der Waals surface area contributed by atoms with Crippen LogP contribution in [0.25, 0.3) is 0 Å². The Morgan fingerprint density at radius 3 is 2.83 bits per heavy atom. The van der Waals surface area contributed by atoms with E-state index >= 15 is 0 Å². The van der Waals surface area contributed by atoms with Crippen LogP contribution in [0.3, 0.4) is 0 Å². The molecule has 0 bridgehead atoms. The molecule has 1 heterocycles. The van der Waals surface area contributed by atoms with Crippen molar-refractivity contribution in [3.05, 3.63) is 50.6 Å². The number of carbonyl (C=O) groups excluding carboxylic acids is 1. The van der Waals surface area contributed by atoms with Crippen LogP contribution < -0.4 is 11.1 Å². The summed E-state index contributed by atoms with van der Waals surface area (Å²) in [5.41, 5.74) is 6.80. The quantitative estimate of drug-likeness (QED) is 0.848. The Balaban J connectivity index is 2.12. The van der Waals surface area contributed by atoms with E-state index in [0.29, 0.717) is 11.3 Å². The molecule has 94 valence electrons. The standard InChI is InChI=1S/C13H13BrN2OS/c1-8(12-3-2-6-18-12)16-13(17)10-5-4-9(14)7-11(10)15/h2-8H,15H2,1H3,(H,16,17)/t8-/m0/s1. The van der Waals surface area contributed by atoms with Gasteiger partial charge in [-0.3, -0.25) is 4.79 Å². The van der Waals surface area contributed by atoms with Crippen molar-refractivity contribution < 1.29 is 4.79 Å². The van der Waals surface area contributed by atoms with E-state index in [0.717, 1.165) is 9.35 Å². The van der Waals surface area contributed by atoms with E-state index in [-0.39, 0.29) is 11.9 Å². The summed E-state index contributed by atoms with van der Waals surface area (Å²) < 4.78 is 0.864. The summed E-state index contributed by atoms with van der Waals surface area (Å²) in [6.07, 6.45) is 0. The molecule has 0 spiro atoms. The lowest BCUT2D eigenvalue weighted by molar-refractivity contribution is 0.0941. The summed E-state index contributed by atoms with van der Waals surface area (Å²) in [5.74, 6) is -0.152. The van der Waals surface area contributed by atoms with Crippen molar-refractivity contribution in [1.29, 1.82) is 0 Å². The first-order valence-electron chi connectivity index (χ1n) is 5.47. The third-order valence-corrected chi connectivity index (χ3v) is 4.12. The van der Waals surface area contributed by atoms with Gasteiger partial charge in [0.1, 0.15) is 0 Å². The Hall–Kier alpha value is -1.33. The predicted octanol–water partition coefficient (Wildman–Crippen LogP) is 3.58. The molecule has 18 heavy (non-hydrogen) atoms. The number of benzene rings is 1. The highest BCUT2D eigenvalue weighted by atomic mass is 79.9. The molecule has 5 heteroatoms. The number of carbonyl (C=O) groups is 1. The van der Waals surface area contributed by atoms with Gasteiger partial charge in [0, 0.05) is 15.0 Å². The normalized spacial score (nSPS) is 12.1. The summed E-state index contributed by atoms with van der Waals surface area (Å²) in [6.45, 7) is 1.96. The molecule has 0 fully saturated rings. The van der Waals surface area contributed by atoms with E-state index in [9.17, 15) is 4.79 Å². The molecular formula is C13H13BrN2OS. The summed E-state index contributed by atoms with van der Waals surface area (Å²) in [4.78, 5) is 13.2. The largest absolute Gasteiger partial charge is 0.398 e. The number of nitrogens with two attached hydrogens (primary N) is 1. The first-order valence-corrected chi connectivity index (χ1v) is 7.14. The van der Waals surface area contributed by atoms with Gasteiger partial charge in [-0.2, -0.15) is 0 Å². The minimum atomic E-state index is -0.152. The van der Waals surface area contributed by atoms with Gasteiger partial charge >= 0.3 is 0 Å². The van der Waals surface area contributed by atoms with Gasteiger partial charge in [-0.15, -0.1) is 11.3 Å². The second-order valence-corrected chi connectivity index (χ2v) is 5.84. The molecule has 1 aromatic carbocycles. The van der Waals surface area contributed by atoms with Crippen LogP contribution in [0.15, 0.2) is 40.2 Å². The van der Waals surface area contributed by atoms with Gasteiger partial charge in [-0.1, -0.05) is 22.0 Å². The van der Waals surface area contributed by atoms with Gasteiger partial charge in [0.15, 0.2) is 0 Å². The number of amides is 1. The van der Waals surface area contributed by atoms with E-state index in [1.54, 1.807) is 29.5 Å². The first-order chi connectivity index (χ1) is 8.58. The van der Waals surface area contributed by atoms with Crippen LogP contribution in [0.5, 0.6) is 0 Å². The fraction of sp³-hybridized carbons (Fsp3) is 0.154. The van der Waals surface area contributed by atoms with Crippen LogP contribution in [-0.4, -0.2) is 5.91 Å². The molecule has 1 aromatic heterocycles. The number of nitrogen functional groups attached to an aromatic ring is 1. The highest BCUT2D eigenvalue weighted by Crippen LogP contribution is 2.21. The molecule has 0 saturated heterocycles. The molecule has 0 saturated carbocycles. The van der Waals surface area contributed by atoms with Gasteiger partial charge in [-0.25, -0.2) is 0 Å². The fourth-order valence-corrected chi connectivity index (χ4v) is 2.74. The summed E-state index contributed by atoms with van der Waals surface area (Å²) in [5, 5.41) is 4.93. The van der Waals surface area contributed by atoms with Crippen LogP contribution in [0, 0.1) is 0 Å². The summed E-state index contributed by atoms with van der Waals surface area (Å²) in [7, 11) is 0. The molecule has 0 aliphatic rings. The molecule has 0 aliphatic heterocycles. The number of halogens is 1. The smallest absolute Gasteiger partial charge is 0.253 e. The second-order valence-electron chi connectivity index (χ2n) is 3.94. The van der Waals surface area contributed by atoms with Gasteiger partial charge in [0.05, 0.1) is 11.6 Å². The van der Waals surface area contributed by atoms with Crippen LogP contribution in [0.4, 0.5) is 5.69 Å². The number of nitrogens with one attached hydrogen (secondary N) is 1. The lowest BCUT2D eigenvalue weighted by Crippen LogP contribution is -2.26. The monoisotopic (exact) mass is 324 g/mol. The average molecular weight is 325 g/mol. The molecular weight excluding hydrogens is 312 g/mol. The molecule has 1 atom stereocenters. The van der Waals surface area contributed by atoms with Crippen LogP contribution in [0.2, 0.25) is 0 Å². The Labute approximate surface area is 118 Å². The van der Waals surface area contributed by atoms with Crippen molar-refractivity contribution in [3.63, 3.8) is 0 Å². The molecule has 0 unspecified atom stereocenters. The van der Waals surface area contributed by atoms with E-state index < -0.39 is 0 Å². The number of hydrogen-bond acceptors (Lipinski definition) is 3. The Bertz CT molecular complexity index is 554. The van der Waals surface area contributed by atoms with Crippen molar-refractivity contribution in [3.8, 4) is 0 Å². The van der Waals surface area contributed by atoms with Gasteiger partial charge in [-0.05, 0) is 36.6 Å². The lowest BCUT2D eigenvalue weighted by atomic mass is 10.1. The zero-order valence-corrected chi connectivity index (χ0v) is 12.2. The molecule has 2 aromatic rings. The van der Waals surface area contributed by atoms with E-state index in [2.05, 4.69) is 21.2 Å². The fourth-order valence-electron chi connectivity index (χ4n) is 1.62. The third-order valence-electron chi connectivity index (χ3n) is 2.58. The average Bonchev–Trinajstić information content (AvgIpc) is 2.81. The van der Waals surface area contributed by atoms with Crippen molar-refractivity contribution in [2.75, 3.05) is 5.73 Å². The minimum absolute atomic E-state index is 0.0134. The minimum Gasteiger partial charge on any atom is -0.398 e. The van der Waals surface area contributed by atoms with Crippen molar-refractivity contribution >= 4 is 38.9 Å². The van der Waals surface area contributed by atoms with Gasteiger partial charge < -0.3 is 11.1 Å². The maximum atomic E-state index is 12.1. The van der Waals surface area contributed by atoms with Crippen LogP contribution >= 0.6 is 27.3 Å². The zero-order chi connectivity index (χ0) is 13.1. The highest BCUT2D eigenvalue weighted by Gasteiger charge is 2.14. The number of thiophene rings is 1. The highest BCUT2D eigenvalue weighted by molar-refractivity contribution is 9.10. The topological polar surface area (TPSA) is 55.1 Å². The Morgan fingerprint density at radius 2 is 2.22 bits per heavy atom. The van der Waals surface area contributed by atoms with Crippen LogP contribution in [0.1, 0.15) is 28.2 Å². The Kier molecular flexibility index (Phi) is 4.04. The number of anilines is 1. The number of rotatable bonds is 3. The number of hydrogen-bond donors (Lipinski definition) is 2.